The number of carbonyl (C=O) groups is 1. The molecule has 0 aliphatic carbocycles. The quantitative estimate of drug-likeness (QED) is 0.277. The number of furan rings is 1. The van der Waals surface area contributed by atoms with E-state index in [1.165, 1.54) is 41.9 Å². The van der Waals surface area contributed by atoms with E-state index in [2.05, 4.69) is 9.71 Å². The molecule has 0 saturated carbocycles. The van der Waals surface area contributed by atoms with E-state index in [1.54, 1.807) is 35.2 Å². The van der Waals surface area contributed by atoms with E-state index < -0.39 is 22.0 Å². The third-order valence-electron chi connectivity index (χ3n) is 6.19. The van der Waals surface area contributed by atoms with Gasteiger partial charge in [-0.25, -0.2) is 8.42 Å². The van der Waals surface area contributed by atoms with Gasteiger partial charge in [0.2, 0.25) is 21.5 Å². The molecule has 0 aliphatic heterocycles. The zero-order valence-electron chi connectivity index (χ0n) is 20.5. The summed E-state index contributed by atoms with van der Waals surface area (Å²) in [5.41, 5.74) is 1.57. The fourth-order valence-corrected chi connectivity index (χ4v) is 6.18. The number of nitrogens with one attached hydrogen (secondary N) is 2. The standard InChI is InChI=1S/C28H25N3O5S2/c1-19-6-2-3-9-24(19)27(28(33)31(17-21-7-4-14-36-21)18-22-8-5-15-37-22)30-38(34,35)23-11-12-25-20(16-23)10-13-26(32)29-25/h2-16,27,30H,17-18H2,1H3,(H,29,32). The van der Waals surface area contributed by atoms with Crippen molar-refractivity contribution in [2.75, 3.05) is 0 Å². The van der Waals surface area contributed by atoms with E-state index in [1.807, 2.05) is 36.6 Å². The predicted octanol–water partition coefficient (Wildman–Crippen LogP) is 4.74. The lowest BCUT2D eigenvalue weighted by molar-refractivity contribution is -0.134. The van der Waals surface area contributed by atoms with Gasteiger partial charge in [0.1, 0.15) is 11.8 Å². The van der Waals surface area contributed by atoms with Gasteiger partial charge >= 0.3 is 0 Å². The number of fused-ring (bicyclic) bond motifs is 1. The third kappa shape index (κ3) is 5.62. The van der Waals surface area contributed by atoms with Crippen molar-refractivity contribution in [3.8, 4) is 0 Å². The Labute approximate surface area is 223 Å². The largest absolute Gasteiger partial charge is 0.467 e. The lowest BCUT2D eigenvalue weighted by Gasteiger charge is -2.28. The number of nitrogens with zero attached hydrogens (tertiary/aromatic N) is 1. The molecule has 0 fully saturated rings. The van der Waals surface area contributed by atoms with E-state index in [0.29, 0.717) is 28.8 Å². The summed E-state index contributed by atoms with van der Waals surface area (Å²) in [6.07, 6.45) is 1.54. The van der Waals surface area contributed by atoms with Gasteiger partial charge < -0.3 is 14.3 Å². The molecule has 10 heteroatoms. The van der Waals surface area contributed by atoms with Crippen molar-refractivity contribution in [1.82, 2.24) is 14.6 Å². The molecular formula is C28H25N3O5S2. The van der Waals surface area contributed by atoms with Crippen molar-refractivity contribution in [2.45, 2.75) is 31.0 Å². The van der Waals surface area contributed by atoms with Gasteiger partial charge in [-0.05, 0) is 71.3 Å². The molecule has 1 atom stereocenters. The lowest BCUT2D eigenvalue weighted by atomic mass is 10.0. The van der Waals surface area contributed by atoms with Gasteiger partial charge in [0.25, 0.3) is 0 Å². The van der Waals surface area contributed by atoms with Crippen molar-refractivity contribution in [2.24, 2.45) is 0 Å². The summed E-state index contributed by atoms with van der Waals surface area (Å²) in [4.78, 5) is 31.0. The summed E-state index contributed by atoms with van der Waals surface area (Å²) in [5, 5.41) is 2.49. The van der Waals surface area contributed by atoms with Crippen LogP contribution in [0.25, 0.3) is 10.9 Å². The van der Waals surface area contributed by atoms with Crippen LogP contribution in [-0.2, 0) is 27.9 Å². The molecule has 2 aromatic carbocycles. The molecule has 0 radical (unpaired) electrons. The fourth-order valence-electron chi connectivity index (χ4n) is 4.26. The summed E-state index contributed by atoms with van der Waals surface area (Å²) in [6.45, 7) is 2.31. The van der Waals surface area contributed by atoms with Gasteiger partial charge in [-0.15, -0.1) is 11.3 Å². The average molecular weight is 548 g/mol. The van der Waals surface area contributed by atoms with Gasteiger partial charge in [-0.1, -0.05) is 30.3 Å². The van der Waals surface area contributed by atoms with Gasteiger partial charge in [-0.2, -0.15) is 4.72 Å². The highest BCUT2D eigenvalue weighted by Gasteiger charge is 2.32. The molecule has 0 bridgehead atoms. The molecule has 0 spiro atoms. The molecule has 5 rings (SSSR count). The third-order valence-corrected chi connectivity index (χ3v) is 8.47. The van der Waals surface area contributed by atoms with E-state index in [0.717, 1.165) is 10.4 Å². The minimum Gasteiger partial charge on any atom is -0.467 e. The van der Waals surface area contributed by atoms with Crippen LogP contribution in [0.5, 0.6) is 0 Å². The number of aromatic amines is 1. The van der Waals surface area contributed by atoms with Crippen LogP contribution >= 0.6 is 11.3 Å². The van der Waals surface area contributed by atoms with Crippen LogP contribution < -0.4 is 10.3 Å². The maximum Gasteiger partial charge on any atom is 0.248 e. The van der Waals surface area contributed by atoms with Crippen molar-refractivity contribution in [3.63, 3.8) is 0 Å². The second-order valence-corrected chi connectivity index (χ2v) is 11.6. The number of sulfonamides is 1. The molecule has 38 heavy (non-hydrogen) atoms. The number of benzene rings is 2. The van der Waals surface area contributed by atoms with Crippen LogP contribution in [0.4, 0.5) is 0 Å². The molecule has 8 nitrogen and oxygen atoms in total. The van der Waals surface area contributed by atoms with Crippen molar-refractivity contribution in [1.29, 1.82) is 0 Å². The topological polar surface area (TPSA) is 112 Å². The summed E-state index contributed by atoms with van der Waals surface area (Å²) >= 11 is 1.52. The molecule has 0 aliphatic rings. The summed E-state index contributed by atoms with van der Waals surface area (Å²) in [7, 11) is -4.14. The average Bonchev–Trinajstić information content (AvgIpc) is 3.61. The molecule has 3 heterocycles. The first-order valence-corrected chi connectivity index (χ1v) is 14.2. The van der Waals surface area contributed by atoms with Gasteiger partial charge in [0.15, 0.2) is 0 Å². The number of hydrogen-bond donors (Lipinski definition) is 2. The number of pyridine rings is 1. The maximum atomic E-state index is 14.1. The zero-order valence-corrected chi connectivity index (χ0v) is 22.1. The maximum absolute atomic E-state index is 14.1. The van der Waals surface area contributed by atoms with Crippen LogP contribution in [0, 0.1) is 6.92 Å². The van der Waals surface area contributed by atoms with E-state index in [9.17, 15) is 18.0 Å². The molecule has 2 N–H and O–H groups in total. The molecule has 0 saturated heterocycles. The monoisotopic (exact) mass is 547 g/mol. The van der Waals surface area contributed by atoms with E-state index in [4.69, 9.17) is 4.42 Å². The molecule has 5 aromatic rings. The SMILES string of the molecule is Cc1ccccc1C(NS(=O)(=O)c1ccc2[nH]c(=O)ccc2c1)C(=O)N(Cc1ccco1)Cc1cccs1. The molecule has 1 amide bonds. The van der Waals surface area contributed by atoms with Crippen LogP contribution in [0.3, 0.4) is 0 Å². The first-order valence-electron chi connectivity index (χ1n) is 11.8. The van der Waals surface area contributed by atoms with Crippen LogP contribution in [0.15, 0.2) is 105 Å². The highest BCUT2D eigenvalue weighted by Crippen LogP contribution is 2.26. The van der Waals surface area contributed by atoms with Crippen molar-refractivity contribution in [3.05, 3.63) is 123 Å². The Hall–Kier alpha value is -3.99. The number of H-pyrrole nitrogens is 1. The number of carbonyl (C=O) groups excluding carboxylic acids is 1. The normalized spacial score (nSPS) is 12.4. The molecule has 3 aromatic heterocycles. The smallest absolute Gasteiger partial charge is 0.248 e. The summed E-state index contributed by atoms with van der Waals surface area (Å²) < 4.78 is 35.4. The van der Waals surface area contributed by atoms with Crippen LogP contribution in [0.1, 0.15) is 27.8 Å². The Balaban J connectivity index is 1.53. The van der Waals surface area contributed by atoms with Gasteiger partial charge in [0.05, 0.1) is 24.2 Å². The molecular weight excluding hydrogens is 522 g/mol. The minimum atomic E-state index is -4.14. The minimum absolute atomic E-state index is 0.0146. The predicted molar refractivity (Wildman–Crippen MR) is 146 cm³/mol. The number of thiophene rings is 1. The van der Waals surface area contributed by atoms with Crippen LogP contribution in [0.2, 0.25) is 0 Å². The van der Waals surface area contributed by atoms with Gasteiger partial charge in [0, 0.05) is 16.5 Å². The van der Waals surface area contributed by atoms with Crippen molar-refractivity contribution < 1.29 is 17.6 Å². The summed E-state index contributed by atoms with van der Waals surface area (Å²) in [6, 6.07) is 20.7. The van der Waals surface area contributed by atoms with E-state index in [-0.39, 0.29) is 17.0 Å². The zero-order chi connectivity index (χ0) is 26.7. The Morgan fingerprint density at radius 1 is 1.03 bits per heavy atom. The lowest BCUT2D eigenvalue weighted by Crippen LogP contribution is -2.42. The fraction of sp³-hybridized carbons (Fsp3) is 0.143. The van der Waals surface area contributed by atoms with Crippen molar-refractivity contribution >= 4 is 38.2 Å². The molecule has 1 unspecified atom stereocenters. The molecule has 194 valence electrons. The highest BCUT2D eigenvalue weighted by atomic mass is 32.2. The number of amides is 1. The Morgan fingerprint density at radius 2 is 1.87 bits per heavy atom. The van der Waals surface area contributed by atoms with Crippen LogP contribution in [-0.4, -0.2) is 24.2 Å². The Kier molecular flexibility index (Phi) is 7.28. The van der Waals surface area contributed by atoms with E-state index >= 15 is 0 Å². The Morgan fingerprint density at radius 3 is 2.61 bits per heavy atom. The number of rotatable bonds is 9. The summed E-state index contributed by atoms with van der Waals surface area (Å²) in [5.74, 6) is 0.183. The second kappa shape index (κ2) is 10.8. The highest BCUT2D eigenvalue weighted by molar-refractivity contribution is 7.89. The second-order valence-electron chi connectivity index (χ2n) is 8.84. The Bertz CT molecular complexity index is 1690. The first kappa shape index (κ1) is 25.7. The number of hydrogen-bond acceptors (Lipinski definition) is 6. The first-order chi connectivity index (χ1) is 18.3. The number of aryl methyl sites for hydroxylation is 1. The number of aromatic nitrogens is 1. The van der Waals surface area contributed by atoms with Gasteiger partial charge in [-0.3, -0.25) is 9.59 Å².